The summed E-state index contributed by atoms with van der Waals surface area (Å²) in [6.45, 7) is 9.38. The van der Waals surface area contributed by atoms with Gasteiger partial charge in [-0.15, -0.1) is 10.2 Å². The Morgan fingerprint density at radius 3 is 1.98 bits per heavy atom. The van der Waals surface area contributed by atoms with Crippen LogP contribution in [-0.2, 0) is 10.8 Å². The van der Waals surface area contributed by atoms with E-state index < -0.39 is 10.2 Å². The average Bonchev–Trinajstić information content (AvgIpc) is 3.31. The second-order valence-electron chi connectivity index (χ2n) is 12.9. The zero-order valence-electron chi connectivity index (χ0n) is 26.8. The highest BCUT2D eigenvalue weighted by Crippen LogP contribution is 2.47. The van der Waals surface area contributed by atoms with Crippen LogP contribution in [0.3, 0.4) is 0 Å². The number of anilines is 1. The zero-order chi connectivity index (χ0) is 32.6. The summed E-state index contributed by atoms with van der Waals surface area (Å²) in [5, 5.41) is 0. The van der Waals surface area contributed by atoms with Crippen molar-refractivity contribution >= 4 is 22.7 Å². The van der Waals surface area contributed by atoms with E-state index in [2.05, 4.69) is 154 Å². The number of para-hydroxylation sites is 2. The first kappa shape index (κ1) is 32.6. The van der Waals surface area contributed by atoms with Gasteiger partial charge in [0, 0.05) is 41.6 Å². The predicted octanol–water partition coefficient (Wildman–Crippen LogP) is 4.37. The molecular weight excluding hydrogens is 584 g/mol. The second-order valence-corrected chi connectivity index (χ2v) is 13.6. The second kappa shape index (κ2) is 12.5. The summed E-state index contributed by atoms with van der Waals surface area (Å²) in [5.74, 6) is 0. The molecule has 3 aromatic rings. The van der Waals surface area contributed by atoms with E-state index in [9.17, 15) is 0 Å². The molecule has 0 radical (unpaired) electrons. The molecule has 234 valence electrons. The molecular formula is C38H41ClN2O4. The summed E-state index contributed by atoms with van der Waals surface area (Å²) in [5.41, 5.74) is 13.6. The molecule has 2 aliphatic heterocycles. The summed E-state index contributed by atoms with van der Waals surface area (Å²) in [7, 11) is -0.536. The predicted molar refractivity (Wildman–Crippen MR) is 171 cm³/mol. The summed E-state index contributed by atoms with van der Waals surface area (Å²) in [4.78, 5) is 2.37. The van der Waals surface area contributed by atoms with Crippen molar-refractivity contribution in [2.75, 3.05) is 19.0 Å². The molecule has 6 rings (SSSR count). The molecule has 3 aliphatic rings. The van der Waals surface area contributed by atoms with Crippen molar-refractivity contribution < 1.29 is 33.5 Å². The zero-order valence-corrected chi connectivity index (χ0v) is 27.6. The van der Waals surface area contributed by atoms with Gasteiger partial charge >= 0.3 is 0 Å². The van der Waals surface area contributed by atoms with Gasteiger partial charge in [0.2, 0.25) is 5.69 Å². The minimum atomic E-state index is -4.94. The molecule has 0 unspecified atom stereocenters. The molecule has 0 spiro atoms. The third kappa shape index (κ3) is 6.62. The average molecular weight is 625 g/mol. The van der Waals surface area contributed by atoms with Crippen molar-refractivity contribution in [3.63, 3.8) is 0 Å². The van der Waals surface area contributed by atoms with Crippen LogP contribution in [0.4, 0.5) is 11.4 Å². The molecule has 0 fully saturated rings. The van der Waals surface area contributed by atoms with E-state index in [4.69, 9.17) is 18.6 Å². The molecule has 0 bridgehead atoms. The van der Waals surface area contributed by atoms with Crippen molar-refractivity contribution in [1.82, 2.24) is 0 Å². The molecule has 0 aromatic heterocycles. The lowest BCUT2D eigenvalue weighted by atomic mass is 9.79. The van der Waals surface area contributed by atoms with E-state index in [0.29, 0.717) is 0 Å². The highest BCUT2D eigenvalue weighted by molar-refractivity contribution is 6.03. The Morgan fingerprint density at radius 2 is 1.33 bits per heavy atom. The molecule has 0 saturated heterocycles. The number of likely N-dealkylation sites (N-methyl/N-ethyl adjacent to an activating group) is 1. The maximum Gasteiger partial charge on any atom is 0.209 e. The largest absolute Gasteiger partial charge is 0.347 e. The topological polar surface area (TPSA) is 98.5 Å². The molecule has 0 amide bonds. The van der Waals surface area contributed by atoms with Crippen molar-refractivity contribution in [3.8, 4) is 0 Å². The van der Waals surface area contributed by atoms with Gasteiger partial charge in [-0.25, -0.2) is 18.6 Å². The van der Waals surface area contributed by atoms with Gasteiger partial charge in [-0.1, -0.05) is 92.7 Å². The van der Waals surface area contributed by atoms with Crippen LogP contribution in [0.1, 0.15) is 63.6 Å². The van der Waals surface area contributed by atoms with Crippen LogP contribution in [0.25, 0.3) is 5.57 Å². The number of fused-ring (bicyclic) bond motifs is 2. The molecule has 7 heteroatoms. The smallest absolute Gasteiger partial charge is 0.209 e. The first-order valence-corrected chi connectivity index (χ1v) is 16.5. The quantitative estimate of drug-likeness (QED) is 0.402. The SMILES string of the molecule is CN1C(=CC=C2CCCC(C=CC3=[N+](C)c4ccccc4C3(C)C)=C2c2ccccc2)C(C)(C)c2ccccc21.[O-][Cl+3]([O-])([O-])[O-]. The Balaban J connectivity index is 0.000000743. The van der Waals surface area contributed by atoms with Crippen LogP contribution in [0.15, 0.2) is 120 Å². The van der Waals surface area contributed by atoms with E-state index in [1.807, 2.05) is 0 Å². The summed E-state index contributed by atoms with van der Waals surface area (Å²) in [6.07, 6.45) is 12.9. The summed E-state index contributed by atoms with van der Waals surface area (Å²) < 4.78 is 36.3. The van der Waals surface area contributed by atoms with Gasteiger partial charge in [-0.05, 0) is 73.1 Å². The Kier molecular flexibility index (Phi) is 9.09. The molecule has 45 heavy (non-hydrogen) atoms. The molecule has 0 saturated carbocycles. The van der Waals surface area contributed by atoms with E-state index in [-0.39, 0.29) is 10.8 Å². The lowest BCUT2D eigenvalue weighted by molar-refractivity contribution is -2.00. The van der Waals surface area contributed by atoms with Crippen LogP contribution in [0.5, 0.6) is 0 Å². The van der Waals surface area contributed by atoms with Crippen molar-refractivity contribution in [2.24, 2.45) is 0 Å². The lowest BCUT2D eigenvalue weighted by Gasteiger charge is -2.25. The minimum absolute atomic E-state index is 0.0271. The lowest BCUT2D eigenvalue weighted by Crippen LogP contribution is -2.68. The van der Waals surface area contributed by atoms with Crippen molar-refractivity contribution in [3.05, 3.63) is 137 Å². The number of hydrogen-bond acceptors (Lipinski definition) is 5. The molecule has 6 nitrogen and oxygen atoms in total. The number of rotatable bonds is 4. The fraction of sp³-hybridized carbons (Fsp3) is 0.289. The highest BCUT2D eigenvalue weighted by atomic mass is 35.7. The van der Waals surface area contributed by atoms with E-state index in [1.54, 1.807) is 0 Å². The fourth-order valence-electron chi connectivity index (χ4n) is 7.20. The van der Waals surface area contributed by atoms with Gasteiger partial charge in [0.25, 0.3) is 0 Å². The number of benzene rings is 3. The van der Waals surface area contributed by atoms with Crippen LogP contribution < -0.4 is 23.5 Å². The summed E-state index contributed by atoms with van der Waals surface area (Å²) in [6, 6.07) is 28.6. The molecule has 1 aliphatic carbocycles. The van der Waals surface area contributed by atoms with Gasteiger partial charge in [-0.2, -0.15) is 4.58 Å². The Bertz CT molecular complexity index is 1730. The van der Waals surface area contributed by atoms with E-state index in [0.717, 1.165) is 12.8 Å². The van der Waals surface area contributed by atoms with Gasteiger partial charge < -0.3 is 4.90 Å². The Labute approximate surface area is 269 Å². The molecule has 0 atom stereocenters. The van der Waals surface area contributed by atoms with Crippen molar-refractivity contribution in [1.29, 1.82) is 0 Å². The number of allylic oxidation sites excluding steroid dienone is 8. The Hall–Kier alpha value is -3.78. The maximum absolute atomic E-state index is 8.49. The standard InChI is InChI=1S/C38H41N2.ClHO4/c1-37(2)30-19-10-12-21-32(30)39(5)34(37)25-23-28-17-14-18-29(36(28)27-15-8-7-9-16-27)24-26-35-38(3,4)31-20-11-13-22-33(31)40(35)6;2-1(3,4)5/h7-13,15-16,19-26H,14,17-18H2,1-6H3;(H,2,3,4,5)/q+1;/p-1. The number of nitrogens with zero attached hydrogens (tertiary/aromatic N) is 2. The number of hydrogen-bond donors (Lipinski definition) is 0. The minimum Gasteiger partial charge on any atom is -0.347 e. The first-order valence-electron chi connectivity index (χ1n) is 15.2. The van der Waals surface area contributed by atoms with Gasteiger partial charge in [-0.3, -0.25) is 0 Å². The van der Waals surface area contributed by atoms with Gasteiger partial charge in [0.05, 0.1) is 5.41 Å². The van der Waals surface area contributed by atoms with Crippen LogP contribution in [-0.4, -0.2) is 24.4 Å². The van der Waals surface area contributed by atoms with E-state index >= 15 is 0 Å². The Morgan fingerprint density at radius 1 is 0.733 bits per heavy atom. The monoisotopic (exact) mass is 624 g/mol. The van der Waals surface area contributed by atoms with Crippen LogP contribution in [0, 0.1) is 10.2 Å². The van der Waals surface area contributed by atoms with Gasteiger partial charge in [0.1, 0.15) is 7.05 Å². The molecule has 3 aromatic carbocycles. The normalized spacial score (nSPS) is 20.5. The van der Waals surface area contributed by atoms with Crippen LogP contribution >= 0.6 is 0 Å². The third-order valence-corrected chi connectivity index (χ3v) is 9.36. The molecule has 2 heterocycles. The van der Waals surface area contributed by atoms with Crippen LogP contribution in [0.2, 0.25) is 0 Å². The summed E-state index contributed by atoms with van der Waals surface area (Å²) >= 11 is 0. The molecule has 0 N–H and O–H groups in total. The number of halogens is 1. The van der Waals surface area contributed by atoms with E-state index in [1.165, 1.54) is 62.6 Å². The third-order valence-electron chi connectivity index (χ3n) is 9.36. The fourth-order valence-corrected chi connectivity index (χ4v) is 7.20. The maximum atomic E-state index is 8.49. The van der Waals surface area contributed by atoms with Crippen molar-refractivity contribution in [2.45, 2.75) is 57.8 Å². The first-order chi connectivity index (χ1) is 21.2. The van der Waals surface area contributed by atoms with Gasteiger partial charge in [0.15, 0.2) is 5.71 Å². The highest BCUT2D eigenvalue weighted by Gasteiger charge is 2.42.